The van der Waals surface area contributed by atoms with Crippen LogP contribution in [-0.4, -0.2) is 27.0 Å². The number of benzene rings is 2. The lowest BCUT2D eigenvalue weighted by atomic mass is 10.2. The van der Waals surface area contributed by atoms with E-state index in [0.29, 0.717) is 18.7 Å². The SMILES string of the molecule is CCc1ccc(OCCn2c(C(C)NC(=O)c3cccnc3)nc3ccccc32)cc1. The van der Waals surface area contributed by atoms with Crippen molar-refractivity contribution >= 4 is 16.9 Å². The molecule has 6 heteroatoms. The molecule has 4 aromatic rings. The third kappa shape index (κ3) is 4.74. The minimum absolute atomic E-state index is 0.175. The molecule has 1 unspecified atom stereocenters. The van der Waals surface area contributed by atoms with Crippen LogP contribution in [-0.2, 0) is 13.0 Å². The van der Waals surface area contributed by atoms with E-state index in [1.54, 1.807) is 24.5 Å². The number of hydrogen-bond acceptors (Lipinski definition) is 4. The summed E-state index contributed by atoms with van der Waals surface area (Å²) in [4.78, 5) is 21.4. The fourth-order valence-corrected chi connectivity index (χ4v) is 3.58. The normalized spacial score (nSPS) is 11.9. The molecule has 31 heavy (non-hydrogen) atoms. The van der Waals surface area contributed by atoms with Crippen molar-refractivity contribution in [1.82, 2.24) is 19.9 Å². The van der Waals surface area contributed by atoms with Crippen LogP contribution >= 0.6 is 0 Å². The molecular weight excluding hydrogens is 388 g/mol. The number of nitrogens with one attached hydrogen (secondary N) is 1. The summed E-state index contributed by atoms with van der Waals surface area (Å²) in [5.41, 5.74) is 3.72. The van der Waals surface area contributed by atoms with Crippen molar-refractivity contribution in [3.63, 3.8) is 0 Å². The minimum Gasteiger partial charge on any atom is -0.492 e. The van der Waals surface area contributed by atoms with E-state index in [4.69, 9.17) is 9.72 Å². The van der Waals surface area contributed by atoms with Crippen molar-refractivity contribution in [2.75, 3.05) is 6.61 Å². The predicted molar refractivity (Wildman–Crippen MR) is 121 cm³/mol. The molecule has 2 aromatic heterocycles. The molecule has 1 N–H and O–H groups in total. The van der Waals surface area contributed by atoms with E-state index in [-0.39, 0.29) is 11.9 Å². The highest BCUT2D eigenvalue weighted by molar-refractivity contribution is 5.94. The highest BCUT2D eigenvalue weighted by Crippen LogP contribution is 2.21. The van der Waals surface area contributed by atoms with Gasteiger partial charge in [0.1, 0.15) is 18.2 Å². The average Bonchev–Trinajstić information content (AvgIpc) is 3.19. The lowest BCUT2D eigenvalue weighted by Crippen LogP contribution is -2.29. The molecule has 2 heterocycles. The van der Waals surface area contributed by atoms with Crippen molar-refractivity contribution in [3.8, 4) is 5.75 Å². The second-order valence-corrected chi connectivity index (χ2v) is 7.39. The fourth-order valence-electron chi connectivity index (χ4n) is 3.58. The number of hydrogen-bond donors (Lipinski definition) is 1. The first kappa shape index (κ1) is 20.6. The molecule has 0 aliphatic carbocycles. The molecule has 0 aliphatic rings. The number of imidazole rings is 1. The van der Waals surface area contributed by atoms with Crippen molar-refractivity contribution in [1.29, 1.82) is 0 Å². The van der Waals surface area contributed by atoms with Crippen molar-refractivity contribution < 1.29 is 9.53 Å². The molecule has 4 rings (SSSR count). The van der Waals surface area contributed by atoms with E-state index in [2.05, 4.69) is 33.9 Å². The third-order valence-electron chi connectivity index (χ3n) is 5.26. The molecule has 0 radical (unpaired) electrons. The first-order valence-corrected chi connectivity index (χ1v) is 10.5. The van der Waals surface area contributed by atoms with E-state index >= 15 is 0 Å². The van der Waals surface area contributed by atoms with Crippen LogP contribution in [0.25, 0.3) is 11.0 Å². The van der Waals surface area contributed by atoms with Crippen LogP contribution in [0.15, 0.2) is 73.1 Å². The van der Waals surface area contributed by atoms with Crippen LogP contribution in [0.4, 0.5) is 0 Å². The van der Waals surface area contributed by atoms with Crippen LogP contribution in [0, 0.1) is 0 Å². The van der Waals surface area contributed by atoms with Crippen molar-refractivity contribution in [2.24, 2.45) is 0 Å². The number of ether oxygens (including phenoxy) is 1. The summed E-state index contributed by atoms with van der Waals surface area (Å²) < 4.78 is 8.08. The van der Waals surface area contributed by atoms with E-state index in [1.807, 2.05) is 43.3 Å². The summed E-state index contributed by atoms with van der Waals surface area (Å²) in [6, 6.07) is 19.4. The molecule has 6 nitrogen and oxygen atoms in total. The molecule has 0 spiro atoms. The molecule has 0 saturated heterocycles. The molecule has 0 fully saturated rings. The zero-order valence-corrected chi connectivity index (χ0v) is 17.8. The Balaban J connectivity index is 1.51. The summed E-state index contributed by atoms with van der Waals surface area (Å²) >= 11 is 0. The maximum Gasteiger partial charge on any atom is 0.253 e. The number of aryl methyl sites for hydroxylation is 1. The Morgan fingerprint density at radius 3 is 2.65 bits per heavy atom. The Morgan fingerprint density at radius 2 is 1.90 bits per heavy atom. The molecular formula is C25H26N4O2. The number of amides is 1. The van der Waals surface area contributed by atoms with Gasteiger partial charge < -0.3 is 14.6 Å². The van der Waals surface area contributed by atoms with Gasteiger partial charge in [-0.1, -0.05) is 31.2 Å². The average molecular weight is 415 g/mol. The van der Waals surface area contributed by atoms with E-state index in [0.717, 1.165) is 29.0 Å². The second kappa shape index (κ2) is 9.43. The Hall–Kier alpha value is -3.67. The summed E-state index contributed by atoms with van der Waals surface area (Å²) in [7, 11) is 0. The van der Waals surface area contributed by atoms with Gasteiger partial charge in [-0.25, -0.2) is 4.98 Å². The van der Waals surface area contributed by atoms with E-state index in [9.17, 15) is 4.79 Å². The zero-order chi connectivity index (χ0) is 21.6. The van der Waals surface area contributed by atoms with Crippen molar-refractivity contribution in [2.45, 2.75) is 32.9 Å². The van der Waals surface area contributed by atoms with Gasteiger partial charge in [0.15, 0.2) is 0 Å². The maximum absolute atomic E-state index is 12.6. The van der Waals surface area contributed by atoms with Gasteiger partial charge >= 0.3 is 0 Å². The van der Waals surface area contributed by atoms with Gasteiger partial charge in [-0.05, 0) is 55.3 Å². The number of carbonyl (C=O) groups excluding carboxylic acids is 1. The smallest absolute Gasteiger partial charge is 0.253 e. The summed E-state index contributed by atoms with van der Waals surface area (Å²) in [6.45, 7) is 5.20. The predicted octanol–water partition coefficient (Wildman–Crippen LogP) is 4.56. The quantitative estimate of drug-likeness (QED) is 0.459. The number of fused-ring (bicyclic) bond motifs is 1. The molecule has 2 aromatic carbocycles. The lowest BCUT2D eigenvalue weighted by molar-refractivity contribution is 0.0937. The van der Waals surface area contributed by atoms with Crippen LogP contribution in [0.3, 0.4) is 0 Å². The highest BCUT2D eigenvalue weighted by atomic mass is 16.5. The largest absolute Gasteiger partial charge is 0.492 e. The fraction of sp³-hybridized carbons (Fsp3) is 0.240. The van der Waals surface area contributed by atoms with Gasteiger partial charge in [-0.2, -0.15) is 0 Å². The zero-order valence-electron chi connectivity index (χ0n) is 17.8. The Morgan fingerprint density at radius 1 is 1.10 bits per heavy atom. The van der Waals surface area contributed by atoms with Crippen LogP contribution in [0.5, 0.6) is 5.75 Å². The number of pyridine rings is 1. The van der Waals surface area contributed by atoms with E-state index < -0.39 is 0 Å². The first-order valence-electron chi connectivity index (χ1n) is 10.5. The van der Waals surface area contributed by atoms with Gasteiger partial charge in [0.2, 0.25) is 0 Å². The van der Waals surface area contributed by atoms with Gasteiger partial charge in [-0.3, -0.25) is 9.78 Å². The summed E-state index contributed by atoms with van der Waals surface area (Å²) in [6.07, 6.45) is 4.21. The Labute approximate surface area is 181 Å². The molecule has 0 saturated carbocycles. The minimum atomic E-state index is -0.274. The van der Waals surface area contributed by atoms with Crippen LogP contribution in [0.1, 0.15) is 41.6 Å². The van der Waals surface area contributed by atoms with Crippen LogP contribution in [0.2, 0.25) is 0 Å². The topological polar surface area (TPSA) is 69.0 Å². The number of aromatic nitrogens is 3. The molecule has 0 bridgehead atoms. The van der Waals surface area contributed by atoms with Gasteiger partial charge in [0, 0.05) is 12.4 Å². The first-order chi connectivity index (χ1) is 15.2. The monoisotopic (exact) mass is 414 g/mol. The maximum atomic E-state index is 12.6. The standard InChI is InChI=1S/C25H26N4O2/c1-3-19-10-12-21(13-11-19)31-16-15-29-23-9-5-4-8-22(23)28-24(29)18(2)27-25(30)20-7-6-14-26-17-20/h4-14,17-18H,3,15-16H2,1-2H3,(H,27,30). The second-order valence-electron chi connectivity index (χ2n) is 7.39. The molecule has 0 aliphatic heterocycles. The number of nitrogens with zero attached hydrogens (tertiary/aromatic N) is 3. The number of para-hydroxylation sites is 2. The molecule has 1 atom stereocenters. The lowest BCUT2D eigenvalue weighted by Gasteiger charge is -2.17. The van der Waals surface area contributed by atoms with Crippen molar-refractivity contribution in [3.05, 3.63) is 90.0 Å². The molecule has 158 valence electrons. The van der Waals surface area contributed by atoms with Crippen LogP contribution < -0.4 is 10.1 Å². The van der Waals surface area contributed by atoms with E-state index in [1.165, 1.54) is 5.56 Å². The summed E-state index contributed by atoms with van der Waals surface area (Å²) in [5, 5.41) is 3.03. The van der Waals surface area contributed by atoms with Gasteiger partial charge in [-0.15, -0.1) is 0 Å². The molecule has 1 amide bonds. The van der Waals surface area contributed by atoms with Gasteiger partial charge in [0.25, 0.3) is 5.91 Å². The Kier molecular flexibility index (Phi) is 6.26. The number of rotatable bonds is 8. The van der Waals surface area contributed by atoms with Gasteiger partial charge in [0.05, 0.1) is 29.2 Å². The Bertz CT molecular complexity index is 1150. The summed E-state index contributed by atoms with van der Waals surface area (Å²) in [5.74, 6) is 1.47. The third-order valence-corrected chi connectivity index (χ3v) is 5.26. The number of carbonyl (C=O) groups is 1. The highest BCUT2D eigenvalue weighted by Gasteiger charge is 2.19.